The van der Waals surface area contributed by atoms with Crippen LogP contribution in [0, 0.1) is 11.8 Å². The molecule has 0 atom stereocenters. The Morgan fingerprint density at radius 1 is 0.514 bits per heavy atom. The maximum atomic E-state index is 11.9. The molecule has 0 saturated carbocycles. The first-order chi connectivity index (χ1) is 17.9. The summed E-state index contributed by atoms with van der Waals surface area (Å²) in [4.78, 5) is 23.8. The Labute approximate surface area is 245 Å². The summed E-state index contributed by atoms with van der Waals surface area (Å²) >= 11 is 0. The van der Waals surface area contributed by atoms with Gasteiger partial charge in [-0.25, -0.2) is 0 Å². The van der Waals surface area contributed by atoms with Crippen molar-refractivity contribution in [2.75, 3.05) is 49.2 Å². The molecule has 37 heavy (non-hydrogen) atoms. The number of amides is 2. The van der Waals surface area contributed by atoms with Gasteiger partial charge in [-0.05, 0) is 24.7 Å². The minimum atomic E-state index is 0.0813. The lowest BCUT2D eigenvalue weighted by Crippen LogP contribution is -2.32. The van der Waals surface area contributed by atoms with Gasteiger partial charge in [0.15, 0.2) is 0 Å². The Morgan fingerprint density at radius 3 is 1.30 bits per heavy atom. The summed E-state index contributed by atoms with van der Waals surface area (Å²) in [6, 6.07) is 0. The van der Waals surface area contributed by atoms with E-state index in [4.69, 9.17) is 0 Å². The monoisotopic (exact) mass is 595 g/mol. The van der Waals surface area contributed by atoms with Gasteiger partial charge < -0.3 is 16.0 Å². The smallest absolute Gasteiger partial charge is 0.221 e. The third kappa shape index (κ3) is 32.4. The van der Waals surface area contributed by atoms with Gasteiger partial charge in [-0.3, -0.25) is 9.59 Å². The summed E-state index contributed by atoms with van der Waals surface area (Å²) in [6.45, 7) is 11.8. The Balaban J connectivity index is 3.29. The van der Waals surface area contributed by atoms with E-state index in [1.54, 1.807) is 0 Å². The summed E-state index contributed by atoms with van der Waals surface area (Å²) < 4.78 is 0. The fourth-order valence-corrected chi connectivity index (χ4v) is 7.65. The predicted octanol–water partition coefficient (Wildman–Crippen LogP) is 7.56. The van der Waals surface area contributed by atoms with E-state index >= 15 is 0 Å². The maximum absolute atomic E-state index is 11.9. The van der Waals surface area contributed by atoms with Crippen molar-refractivity contribution < 1.29 is 9.59 Å². The molecule has 0 spiro atoms. The fourth-order valence-electron chi connectivity index (χ4n) is 3.54. The Kier molecular flexibility index (Phi) is 29.5. The highest BCUT2D eigenvalue weighted by Gasteiger charge is 2.03. The van der Waals surface area contributed by atoms with Crippen molar-refractivity contribution in [3.8, 4) is 0 Å². The van der Waals surface area contributed by atoms with Gasteiger partial charge in [-0.2, -0.15) is 0 Å². The Hall–Kier alpha value is 0.300. The van der Waals surface area contributed by atoms with Crippen molar-refractivity contribution >= 4 is 55.0 Å². The number of unbranched alkanes of at least 4 members (excludes halogenated alkanes) is 6. The molecule has 0 bridgehead atoms. The van der Waals surface area contributed by atoms with Crippen molar-refractivity contribution in [1.82, 2.24) is 16.0 Å². The molecule has 5 nitrogen and oxygen atoms in total. The molecule has 0 heterocycles. The van der Waals surface area contributed by atoms with Crippen LogP contribution in [0.3, 0.4) is 0 Å². The highest BCUT2D eigenvalue weighted by molar-refractivity contribution is 8.77. The van der Waals surface area contributed by atoms with Crippen LogP contribution in [-0.4, -0.2) is 61.0 Å². The summed E-state index contributed by atoms with van der Waals surface area (Å²) in [7, 11) is 7.55. The van der Waals surface area contributed by atoms with E-state index in [9.17, 15) is 9.59 Å². The van der Waals surface area contributed by atoms with E-state index in [1.165, 1.54) is 75.7 Å². The van der Waals surface area contributed by atoms with Crippen LogP contribution in [-0.2, 0) is 9.59 Å². The van der Waals surface area contributed by atoms with Crippen molar-refractivity contribution in [1.29, 1.82) is 0 Å². The average Bonchev–Trinajstić information content (AvgIpc) is 2.85. The first kappa shape index (κ1) is 37.3. The summed E-state index contributed by atoms with van der Waals surface area (Å²) in [5.41, 5.74) is 0. The van der Waals surface area contributed by atoms with E-state index in [0.717, 1.165) is 36.4 Å². The number of carbonyl (C=O) groups excluding carboxylic acids is 2. The summed E-state index contributed by atoms with van der Waals surface area (Å²) in [5.74, 6) is 6.13. The van der Waals surface area contributed by atoms with Gasteiger partial charge in [0.1, 0.15) is 0 Å². The first-order valence-corrected chi connectivity index (χ1v) is 19.6. The van der Waals surface area contributed by atoms with E-state index < -0.39 is 0 Å². The third-order valence-corrected chi connectivity index (χ3v) is 10.7. The van der Waals surface area contributed by atoms with Crippen LogP contribution in [0.1, 0.15) is 105 Å². The SMILES string of the molecule is CC(C)CCCCCCSSCCNC(=O)CCNCCC(=O)NCCSSCCCCCCC(C)C. The van der Waals surface area contributed by atoms with Crippen LogP contribution in [0.5, 0.6) is 0 Å². The number of nitrogens with one attached hydrogen (secondary N) is 3. The van der Waals surface area contributed by atoms with Crippen molar-refractivity contribution in [3.05, 3.63) is 0 Å². The molecule has 0 aliphatic carbocycles. The van der Waals surface area contributed by atoms with Gasteiger partial charge >= 0.3 is 0 Å². The zero-order chi connectivity index (χ0) is 27.4. The van der Waals surface area contributed by atoms with Gasteiger partial charge in [-0.1, -0.05) is 122 Å². The average molecular weight is 596 g/mol. The lowest BCUT2D eigenvalue weighted by atomic mass is 10.0. The van der Waals surface area contributed by atoms with E-state index in [-0.39, 0.29) is 11.8 Å². The van der Waals surface area contributed by atoms with E-state index in [2.05, 4.69) is 43.6 Å². The minimum Gasteiger partial charge on any atom is -0.355 e. The van der Waals surface area contributed by atoms with Gasteiger partial charge in [0.2, 0.25) is 11.8 Å². The third-order valence-electron chi connectivity index (χ3n) is 5.76. The molecule has 0 radical (unpaired) electrons. The van der Waals surface area contributed by atoms with Gasteiger partial charge in [-0.15, -0.1) is 0 Å². The molecule has 0 saturated heterocycles. The molecular formula is C28H57N3O2S4. The largest absolute Gasteiger partial charge is 0.355 e. The highest BCUT2D eigenvalue weighted by Crippen LogP contribution is 2.23. The van der Waals surface area contributed by atoms with Crippen LogP contribution in [0.4, 0.5) is 0 Å². The lowest BCUT2D eigenvalue weighted by Gasteiger charge is -2.07. The van der Waals surface area contributed by atoms with E-state index in [0.29, 0.717) is 25.9 Å². The van der Waals surface area contributed by atoms with Crippen LogP contribution in [0.25, 0.3) is 0 Å². The molecule has 0 unspecified atom stereocenters. The van der Waals surface area contributed by atoms with Crippen molar-refractivity contribution in [2.45, 2.75) is 105 Å². The zero-order valence-corrected chi connectivity index (χ0v) is 27.5. The molecule has 0 rings (SSSR count). The second-order valence-corrected chi connectivity index (χ2v) is 15.8. The lowest BCUT2D eigenvalue weighted by molar-refractivity contribution is -0.121. The molecule has 0 aromatic heterocycles. The number of hydrogen-bond donors (Lipinski definition) is 3. The van der Waals surface area contributed by atoms with Gasteiger partial charge in [0.25, 0.3) is 0 Å². The quantitative estimate of drug-likeness (QED) is 0.0637. The summed E-state index contributed by atoms with van der Waals surface area (Å²) in [5, 5.41) is 9.16. The van der Waals surface area contributed by atoms with Crippen LogP contribution >= 0.6 is 43.2 Å². The Bertz CT molecular complexity index is 482. The molecule has 220 valence electrons. The van der Waals surface area contributed by atoms with Gasteiger partial charge in [0, 0.05) is 62.0 Å². The van der Waals surface area contributed by atoms with E-state index in [1.807, 2.05) is 43.2 Å². The topological polar surface area (TPSA) is 70.2 Å². The molecule has 0 aromatic carbocycles. The molecule has 0 fully saturated rings. The van der Waals surface area contributed by atoms with Crippen molar-refractivity contribution in [2.24, 2.45) is 11.8 Å². The second-order valence-electron chi connectivity index (χ2n) is 10.4. The molecule has 3 N–H and O–H groups in total. The first-order valence-electron chi connectivity index (χ1n) is 14.6. The normalized spacial score (nSPS) is 11.4. The minimum absolute atomic E-state index is 0.0813. The molecule has 9 heteroatoms. The second kappa shape index (κ2) is 29.3. The zero-order valence-electron chi connectivity index (χ0n) is 24.2. The maximum Gasteiger partial charge on any atom is 0.221 e. The molecular weight excluding hydrogens is 539 g/mol. The highest BCUT2D eigenvalue weighted by atomic mass is 33.1. The number of rotatable bonds is 28. The standard InChI is InChI=1S/C28H57N3O2S4/c1-25(2)13-9-5-7-11-21-34-36-23-19-30-27(32)15-17-29-18-16-28(33)31-20-24-37-35-22-12-8-6-10-14-26(3)4/h25-26,29H,5-24H2,1-4H3,(H,30,32)(H,31,33). The Morgan fingerprint density at radius 2 is 0.892 bits per heavy atom. The molecule has 0 aliphatic heterocycles. The fraction of sp³-hybridized carbons (Fsp3) is 0.929. The number of hydrogen-bond acceptors (Lipinski definition) is 7. The predicted molar refractivity (Wildman–Crippen MR) is 174 cm³/mol. The molecule has 0 aromatic rings. The number of carbonyl (C=O) groups is 2. The summed E-state index contributed by atoms with van der Waals surface area (Å²) in [6.07, 6.45) is 14.3. The van der Waals surface area contributed by atoms with Gasteiger partial charge in [0.05, 0.1) is 0 Å². The molecule has 2 amide bonds. The molecule has 0 aliphatic rings. The van der Waals surface area contributed by atoms with Crippen LogP contribution in [0.15, 0.2) is 0 Å². The van der Waals surface area contributed by atoms with Crippen molar-refractivity contribution in [3.63, 3.8) is 0 Å². The van der Waals surface area contributed by atoms with Crippen LogP contribution in [0.2, 0.25) is 0 Å². The van der Waals surface area contributed by atoms with Crippen LogP contribution < -0.4 is 16.0 Å².